The van der Waals surface area contributed by atoms with Crippen LogP contribution in [0.1, 0.15) is 20.8 Å². The standard InChI is InChI=1S/C8H12ClFN2O/c1-8(2,3)12-6(10)5(9)7(11-12)13-4/h1-4H3. The Morgan fingerprint density at radius 3 is 2.23 bits per heavy atom. The van der Waals surface area contributed by atoms with Crippen LogP contribution >= 0.6 is 11.6 Å². The molecule has 1 aromatic heterocycles. The molecule has 13 heavy (non-hydrogen) atoms. The van der Waals surface area contributed by atoms with E-state index in [1.807, 2.05) is 20.8 Å². The van der Waals surface area contributed by atoms with E-state index in [1.165, 1.54) is 11.8 Å². The molecule has 0 bridgehead atoms. The molecule has 0 aromatic carbocycles. The smallest absolute Gasteiger partial charge is 0.254 e. The van der Waals surface area contributed by atoms with Gasteiger partial charge < -0.3 is 4.74 Å². The molecule has 5 heteroatoms. The van der Waals surface area contributed by atoms with Crippen LogP contribution in [0, 0.1) is 5.95 Å². The van der Waals surface area contributed by atoms with Crippen molar-refractivity contribution < 1.29 is 9.13 Å². The maximum Gasteiger partial charge on any atom is 0.254 e. The van der Waals surface area contributed by atoms with Crippen LogP contribution in [-0.4, -0.2) is 16.9 Å². The lowest BCUT2D eigenvalue weighted by atomic mass is 10.1. The van der Waals surface area contributed by atoms with E-state index < -0.39 is 11.5 Å². The zero-order chi connectivity index (χ0) is 10.2. The zero-order valence-corrected chi connectivity index (χ0v) is 8.81. The van der Waals surface area contributed by atoms with Crippen molar-refractivity contribution in [3.05, 3.63) is 11.0 Å². The van der Waals surface area contributed by atoms with Crippen molar-refractivity contribution in [2.45, 2.75) is 26.3 Å². The molecule has 0 N–H and O–H groups in total. The minimum absolute atomic E-state index is 0.0718. The van der Waals surface area contributed by atoms with E-state index in [2.05, 4.69) is 5.10 Å². The third-order valence-corrected chi connectivity index (χ3v) is 1.89. The largest absolute Gasteiger partial charge is 0.479 e. The third kappa shape index (κ3) is 1.77. The fraction of sp³-hybridized carbons (Fsp3) is 0.625. The Labute approximate surface area is 81.4 Å². The van der Waals surface area contributed by atoms with Gasteiger partial charge in [0.1, 0.15) is 0 Å². The fourth-order valence-corrected chi connectivity index (χ4v) is 1.13. The molecule has 0 saturated heterocycles. The molecule has 0 aliphatic carbocycles. The molecule has 0 aliphatic heterocycles. The minimum atomic E-state index is -0.564. The molecule has 3 nitrogen and oxygen atoms in total. The Kier molecular flexibility index (Phi) is 2.52. The second kappa shape index (κ2) is 3.18. The van der Waals surface area contributed by atoms with Crippen LogP contribution in [-0.2, 0) is 5.54 Å². The topological polar surface area (TPSA) is 27.1 Å². The first-order valence-electron chi connectivity index (χ1n) is 3.86. The summed E-state index contributed by atoms with van der Waals surface area (Å²) in [4.78, 5) is 0. The highest BCUT2D eigenvalue weighted by molar-refractivity contribution is 6.31. The highest BCUT2D eigenvalue weighted by atomic mass is 35.5. The van der Waals surface area contributed by atoms with Gasteiger partial charge in [0.25, 0.3) is 5.88 Å². The molecule has 74 valence electrons. The summed E-state index contributed by atoms with van der Waals surface area (Å²) in [5, 5.41) is 3.81. The number of aromatic nitrogens is 2. The van der Waals surface area contributed by atoms with E-state index in [1.54, 1.807) is 0 Å². The van der Waals surface area contributed by atoms with Crippen molar-refractivity contribution in [3.63, 3.8) is 0 Å². The van der Waals surface area contributed by atoms with Crippen molar-refractivity contribution in [1.82, 2.24) is 9.78 Å². The first-order valence-corrected chi connectivity index (χ1v) is 4.24. The van der Waals surface area contributed by atoms with E-state index in [9.17, 15) is 4.39 Å². The number of methoxy groups -OCH3 is 1. The molecule has 0 atom stereocenters. The molecule has 1 heterocycles. The lowest BCUT2D eigenvalue weighted by Gasteiger charge is -2.18. The summed E-state index contributed by atoms with van der Waals surface area (Å²) in [5.74, 6) is -0.444. The number of ether oxygens (including phenoxy) is 1. The van der Waals surface area contributed by atoms with Crippen molar-refractivity contribution in [2.75, 3.05) is 7.11 Å². The van der Waals surface area contributed by atoms with Crippen LogP contribution in [0.5, 0.6) is 5.88 Å². The first kappa shape index (κ1) is 10.3. The predicted molar refractivity (Wildman–Crippen MR) is 48.7 cm³/mol. The van der Waals surface area contributed by atoms with E-state index in [0.717, 1.165) is 0 Å². The summed E-state index contributed by atoms with van der Waals surface area (Å²) in [6.45, 7) is 5.50. The van der Waals surface area contributed by atoms with E-state index in [4.69, 9.17) is 16.3 Å². The van der Waals surface area contributed by atoms with Crippen LogP contribution in [0.3, 0.4) is 0 Å². The number of hydrogen-bond donors (Lipinski definition) is 0. The van der Waals surface area contributed by atoms with Crippen molar-refractivity contribution in [2.24, 2.45) is 0 Å². The number of halogens is 2. The average Bonchev–Trinajstić information content (AvgIpc) is 2.28. The summed E-state index contributed by atoms with van der Waals surface area (Å²) in [7, 11) is 1.40. The highest BCUT2D eigenvalue weighted by Gasteiger charge is 2.24. The number of rotatable bonds is 1. The van der Waals surface area contributed by atoms with Gasteiger partial charge in [-0.1, -0.05) is 11.6 Å². The summed E-state index contributed by atoms with van der Waals surface area (Å²) in [6.07, 6.45) is 0. The molecule has 0 spiro atoms. The molecule has 1 aromatic rings. The average molecular weight is 207 g/mol. The van der Waals surface area contributed by atoms with Crippen LogP contribution < -0.4 is 4.74 Å². The monoisotopic (exact) mass is 206 g/mol. The highest BCUT2D eigenvalue weighted by Crippen LogP contribution is 2.29. The van der Waals surface area contributed by atoms with Gasteiger partial charge in [-0.2, -0.15) is 4.39 Å². The SMILES string of the molecule is COc1nn(C(C)(C)C)c(F)c1Cl. The maximum absolute atomic E-state index is 13.4. The lowest BCUT2D eigenvalue weighted by Crippen LogP contribution is -2.24. The lowest BCUT2D eigenvalue weighted by molar-refractivity contribution is 0.290. The van der Waals surface area contributed by atoms with Crippen molar-refractivity contribution in [1.29, 1.82) is 0 Å². The molecule has 0 fully saturated rings. The van der Waals surface area contributed by atoms with E-state index >= 15 is 0 Å². The molecule has 0 amide bonds. The van der Waals surface area contributed by atoms with Gasteiger partial charge in [-0.05, 0) is 20.8 Å². The normalized spacial score (nSPS) is 11.8. The Balaban J connectivity index is 3.25. The van der Waals surface area contributed by atoms with Gasteiger partial charge in [-0.15, -0.1) is 5.10 Å². The molecule has 0 saturated carbocycles. The van der Waals surface area contributed by atoms with Crippen LogP contribution in [0.15, 0.2) is 0 Å². The Morgan fingerprint density at radius 1 is 1.46 bits per heavy atom. The molecule has 0 unspecified atom stereocenters. The molecule has 1 rings (SSSR count). The summed E-state index contributed by atoms with van der Waals surface area (Å²) in [5.41, 5.74) is -0.440. The van der Waals surface area contributed by atoms with Crippen molar-refractivity contribution >= 4 is 11.6 Å². The second-order valence-electron chi connectivity index (χ2n) is 3.70. The fourth-order valence-electron chi connectivity index (χ4n) is 0.935. The quantitative estimate of drug-likeness (QED) is 0.706. The molecule has 0 aliphatic rings. The van der Waals surface area contributed by atoms with Gasteiger partial charge >= 0.3 is 0 Å². The van der Waals surface area contributed by atoms with Gasteiger partial charge in [0.05, 0.1) is 12.6 Å². The van der Waals surface area contributed by atoms with Gasteiger partial charge in [0, 0.05) is 0 Å². The third-order valence-electron chi connectivity index (χ3n) is 1.57. The second-order valence-corrected chi connectivity index (χ2v) is 4.07. The maximum atomic E-state index is 13.4. The molecular formula is C8H12ClFN2O. The summed E-state index contributed by atoms with van der Waals surface area (Å²) in [6, 6.07) is 0. The van der Waals surface area contributed by atoms with E-state index in [0.29, 0.717) is 0 Å². The van der Waals surface area contributed by atoms with Gasteiger partial charge in [0.15, 0.2) is 5.02 Å². The predicted octanol–water partition coefficient (Wildman–Crippen LogP) is 2.44. The van der Waals surface area contributed by atoms with Crippen LogP contribution in [0.25, 0.3) is 0 Å². The first-order chi connectivity index (χ1) is 5.88. The Bertz CT molecular complexity index is 317. The van der Waals surface area contributed by atoms with Gasteiger partial charge in [-0.3, -0.25) is 0 Å². The van der Waals surface area contributed by atoms with Crippen molar-refractivity contribution in [3.8, 4) is 5.88 Å². The molecule has 0 radical (unpaired) electrons. The number of nitrogens with zero attached hydrogens (tertiary/aromatic N) is 2. The number of hydrogen-bond acceptors (Lipinski definition) is 2. The minimum Gasteiger partial charge on any atom is -0.479 e. The van der Waals surface area contributed by atoms with Gasteiger partial charge in [0.2, 0.25) is 5.95 Å². The summed E-state index contributed by atoms with van der Waals surface area (Å²) < 4.78 is 19.4. The Hall–Kier alpha value is -0.770. The van der Waals surface area contributed by atoms with E-state index in [-0.39, 0.29) is 10.9 Å². The van der Waals surface area contributed by atoms with Crippen LogP contribution in [0.2, 0.25) is 5.02 Å². The van der Waals surface area contributed by atoms with Gasteiger partial charge in [-0.25, -0.2) is 4.68 Å². The summed E-state index contributed by atoms with van der Waals surface area (Å²) >= 11 is 5.64. The Morgan fingerprint density at radius 2 is 2.00 bits per heavy atom. The van der Waals surface area contributed by atoms with Crippen LogP contribution in [0.4, 0.5) is 4.39 Å². The molecular weight excluding hydrogens is 195 g/mol. The zero-order valence-electron chi connectivity index (χ0n) is 8.06.